The highest BCUT2D eigenvalue weighted by Gasteiger charge is 2.31. The molecule has 0 bridgehead atoms. The summed E-state index contributed by atoms with van der Waals surface area (Å²) in [7, 11) is 0. The Morgan fingerprint density at radius 1 is 1.00 bits per heavy atom. The average molecular weight is 464 g/mol. The van der Waals surface area contributed by atoms with E-state index < -0.39 is 17.6 Å². The predicted octanol–water partition coefficient (Wildman–Crippen LogP) is 4.73. The molecule has 1 heterocycles. The molecule has 0 aliphatic heterocycles. The highest BCUT2D eigenvalue weighted by molar-refractivity contribution is 6.06. The van der Waals surface area contributed by atoms with Gasteiger partial charge in [0.05, 0.1) is 36.8 Å². The second-order valence-electron chi connectivity index (χ2n) is 6.62. The summed E-state index contributed by atoms with van der Waals surface area (Å²) in [6.07, 6.45) is -2.04. The van der Waals surface area contributed by atoms with Gasteiger partial charge in [-0.25, -0.2) is 9.67 Å². The van der Waals surface area contributed by atoms with Gasteiger partial charge in [-0.1, -0.05) is 0 Å². The molecule has 3 rings (SSSR count). The number of hydrogen-bond donors (Lipinski definition) is 1. The molecule has 0 aliphatic rings. The Labute approximate surface area is 188 Å². The molecule has 0 saturated carbocycles. The molecule has 0 atom stereocenters. The van der Waals surface area contributed by atoms with Gasteiger partial charge in [-0.2, -0.15) is 18.3 Å². The number of nitrogens with zero attached hydrogens (tertiary/aromatic N) is 3. The van der Waals surface area contributed by atoms with Crippen LogP contribution in [0.4, 0.5) is 18.9 Å². The SMILES string of the molecule is CCOc1cc(C(=O)Nc2cc(C(F)(F)F)ccc2-n2cncn2)cc(OCC)c1OCC. The van der Waals surface area contributed by atoms with Crippen molar-refractivity contribution in [2.45, 2.75) is 26.9 Å². The molecule has 1 aromatic heterocycles. The molecule has 0 aliphatic carbocycles. The highest BCUT2D eigenvalue weighted by atomic mass is 19.4. The zero-order chi connectivity index (χ0) is 24.0. The third-order valence-corrected chi connectivity index (χ3v) is 4.41. The first kappa shape index (κ1) is 23.9. The molecule has 0 unspecified atom stereocenters. The van der Waals surface area contributed by atoms with Crippen LogP contribution >= 0.6 is 0 Å². The number of hydrogen-bond acceptors (Lipinski definition) is 6. The van der Waals surface area contributed by atoms with Gasteiger partial charge in [-0.3, -0.25) is 4.79 Å². The van der Waals surface area contributed by atoms with Crippen molar-refractivity contribution in [3.05, 3.63) is 54.1 Å². The van der Waals surface area contributed by atoms with Crippen molar-refractivity contribution >= 4 is 11.6 Å². The van der Waals surface area contributed by atoms with Gasteiger partial charge in [0.2, 0.25) is 5.75 Å². The lowest BCUT2D eigenvalue weighted by Crippen LogP contribution is -2.16. The van der Waals surface area contributed by atoms with Crippen LogP contribution in [0.5, 0.6) is 17.2 Å². The van der Waals surface area contributed by atoms with Gasteiger partial charge in [0.15, 0.2) is 11.5 Å². The van der Waals surface area contributed by atoms with Crippen LogP contribution in [0, 0.1) is 0 Å². The van der Waals surface area contributed by atoms with E-state index in [1.807, 2.05) is 0 Å². The minimum Gasteiger partial charge on any atom is -0.490 e. The minimum atomic E-state index is -4.59. The van der Waals surface area contributed by atoms with Gasteiger partial charge in [0.1, 0.15) is 12.7 Å². The van der Waals surface area contributed by atoms with Crippen molar-refractivity contribution in [3.63, 3.8) is 0 Å². The van der Waals surface area contributed by atoms with Crippen molar-refractivity contribution in [2.24, 2.45) is 0 Å². The molecule has 1 amide bonds. The molecule has 0 fully saturated rings. The molecular weight excluding hydrogens is 441 g/mol. The lowest BCUT2D eigenvalue weighted by atomic mass is 10.1. The van der Waals surface area contributed by atoms with E-state index in [2.05, 4.69) is 15.4 Å². The number of anilines is 1. The molecule has 8 nitrogen and oxygen atoms in total. The van der Waals surface area contributed by atoms with E-state index in [1.54, 1.807) is 20.8 Å². The van der Waals surface area contributed by atoms with Crippen LogP contribution in [0.2, 0.25) is 0 Å². The summed E-state index contributed by atoms with van der Waals surface area (Å²) in [5, 5.41) is 6.48. The van der Waals surface area contributed by atoms with Crippen LogP contribution in [0.1, 0.15) is 36.7 Å². The summed E-state index contributed by atoms with van der Waals surface area (Å²) >= 11 is 0. The third-order valence-electron chi connectivity index (χ3n) is 4.41. The van der Waals surface area contributed by atoms with E-state index >= 15 is 0 Å². The number of carbonyl (C=O) groups is 1. The van der Waals surface area contributed by atoms with Crippen LogP contribution < -0.4 is 19.5 Å². The molecule has 1 N–H and O–H groups in total. The van der Waals surface area contributed by atoms with Gasteiger partial charge < -0.3 is 19.5 Å². The first-order valence-electron chi connectivity index (χ1n) is 10.2. The van der Waals surface area contributed by atoms with Crippen LogP contribution in [-0.2, 0) is 6.18 Å². The summed E-state index contributed by atoms with van der Waals surface area (Å²) < 4.78 is 58.0. The Morgan fingerprint density at radius 2 is 1.64 bits per heavy atom. The van der Waals surface area contributed by atoms with Gasteiger partial charge in [0, 0.05) is 5.56 Å². The maximum atomic E-state index is 13.3. The van der Waals surface area contributed by atoms with Crippen molar-refractivity contribution in [1.82, 2.24) is 14.8 Å². The number of amides is 1. The Hall–Kier alpha value is -3.76. The van der Waals surface area contributed by atoms with Crippen molar-refractivity contribution < 1.29 is 32.2 Å². The molecule has 3 aromatic rings. The Kier molecular flexibility index (Phi) is 7.41. The van der Waals surface area contributed by atoms with Crippen LogP contribution in [-0.4, -0.2) is 40.5 Å². The summed E-state index contributed by atoms with van der Waals surface area (Å²) in [6.45, 7) is 6.30. The maximum Gasteiger partial charge on any atom is 0.416 e. The number of nitrogens with one attached hydrogen (secondary N) is 1. The maximum absolute atomic E-state index is 13.3. The smallest absolute Gasteiger partial charge is 0.416 e. The van der Waals surface area contributed by atoms with E-state index in [1.165, 1.54) is 35.5 Å². The van der Waals surface area contributed by atoms with Gasteiger partial charge in [-0.05, 0) is 51.1 Å². The number of ether oxygens (including phenoxy) is 3. The number of halogens is 3. The first-order chi connectivity index (χ1) is 15.8. The van der Waals surface area contributed by atoms with Crippen molar-refractivity contribution in [2.75, 3.05) is 25.1 Å². The Morgan fingerprint density at radius 3 is 2.15 bits per heavy atom. The highest BCUT2D eigenvalue weighted by Crippen LogP contribution is 2.40. The normalized spacial score (nSPS) is 11.2. The Balaban J connectivity index is 2.04. The number of carbonyl (C=O) groups excluding carboxylic acids is 1. The summed E-state index contributed by atoms with van der Waals surface area (Å²) in [4.78, 5) is 16.9. The van der Waals surface area contributed by atoms with Gasteiger partial charge in [-0.15, -0.1) is 0 Å². The van der Waals surface area contributed by atoms with E-state index in [0.29, 0.717) is 25.6 Å². The molecule has 0 spiro atoms. The van der Waals surface area contributed by atoms with Gasteiger partial charge >= 0.3 is 6.18 Å². The predicted molar refractivity (Wildman–Crippen MR) is 114 cm³/mol. The molecule has 33 heavy (non-hydrogen) atoms. The number of alkyl halides is 3. The quantitative estimate of drug-likeness (QED) is 0.493. The third kappa shape index (κ3) is 5.54. The summed E-state index contributed by atoms with van der Waals surface area (Å²) in [6, 6.07) is 5.87. The Bertz CT molecular complexity index is 1070. The number of benzene rings is 2. The zero-order valence-electron chi connectivity index (χ0n) is 18.3. The van der Waals surface area contributed by atoms with Crippen LogP contribution in [0.3, 0.4) is 0 Å². The lowest BCUT2D eigenvalue weighted by Gasteiger charge is -2.18. The molecule has 0 radical (unpaired) electrons. The molecular formula is C22H23F3N4O4. The monoisotopic (exact) mass is 464 g/mol. The standard InChI is InChI=1S/C22H23F3N4O4/c1-4-31-18-9-14(10-19(32-5-2)20(18)33-6-3)21(30)28-16-11-15(22(23,24)25)7-8-17(16)29-13-26-12-27-29/h7-13H,4-6H2,1-3H3,(H,28,30). The molecule has 2 aromatic carbocycles. The molecule has 176 valence electrons. The van der Waals surface area contributed by atoms with Gasteiger partial charge in [0.25, 0.3) is 5.91 Å². The molecule has 11 heteroatoms. The van der Waals surface area contributed by atoms with E-state index in [0.717, 1.165) is 12.1 Å². The zero-order valence-corrected chi connectivity index (χ0v) is 18.3. The topological polar surface area (TPSA) is 87.5 Å². The largest absolute Gasteiger partial charge is 0.490 e. The fraction of sp³-hybridized carbons (Fsp3) is 0.318. The minimum absolute atomic E-state index is 0.0925. The average Bonchev–Trinajstić information content (AvgIpc) is 3.30. The fourth-order valence-corrected chi connectivity index (χ4v) is 3.06. The molecule has 0 saturated heterocycles. The first-order valence-corrected chi connectivity index (χ1v) is 10.2. The van der Waals surface area contributed by atoms with Crippen molar-refractivity contribution in [1.29, 1.82) is 0 Å². The van der Waals surface area contributed by atoms with E-state index in [9.17, 15) is 18.0 Å². The fourth-order valence-electron chi connectivity index (χ4n) is 3.06. The summed E-state index contributed by atoms with van der Waals surface area (Å²) in [5.74, 6) is 0.257. The number of rotatable bonds is 9. The lowest BCUT2D eigenvalue weighted by molar-refractivity contribution is -0.137. The van der Waals surface area contributed by atoms with Crippen LogP contribution in [0.25, 0.3) is 5.69 Å². The van der Waals surface area contributed by atoms with E-state index in [4.69, 9.17) is 14.2 Å². The van der Waals surface area contributed by atoms with E-state index in [-0.39, 0.29) is 28.4 Å². The van der Waals surface area contributed by atoms with Crippen LogP contribution in [0.15, 0.2) is 43.0 Å². The van der Waals surface area contributed by atoms with Crippen molar-refractivity contribution in [3.8, 4) is 22.9 Å². The number of aromatic nitrogens is 3. The second-order valence-corrected chi connectivity index (χ2v) is 6.62. The summed E-state index contributed by atoms with van der Waals surface area (Å²) in [5.41, 5.74) is -0.675. The second kappa shape index (κ2) is 10.2.